The van der Waals surface area contributed by atoms with Crippen LogP contribution in [0.3, 0.4) is 0 Å². The Morgan fingerprint density at radius 1 is 1.48 bits per heavy atom. The van der Waals surface area contributed by atoms with Crippen LogP contribution >= 0.6 is 11.3 Å². The lowest BCUT2D eigenvalue weighted by Gasteiger charge is -1.98. The van der Waals surface area contributed by atoms with Crippen LogP contribution in [0.1, 0.15) is 11.6 Å². The highest BCUT2D eigenvalue weighted by Crippen LogP contribution is 2.20. The topological polar surface area (TPSA) is 99.9 Å². The van der Waals surface area contributed by atoms with E-state index >= 15 is 0 Å². The van der Waals surface area contributed by atoms with Crippen LogP contribution in [0, 0.1) is 17.0 Å². The molecule has 0 saturated carbocycles. The van der Waals surface area contributed by atoms with Crippen molar-refractivity contribution in [2.24, 2.45) is 0 Å². The third-order valence-corrected chi connectivity index (χ3v) is 3.65. The Morgan fingerprint density at radius 3 is 3.00 bits per heavy atom. The number of hydrogen-bond acceptors (Lipinski definition) is 7. The average molecular weight is 305 g/mol. The molecule has 3 aromatic heterocycles. The van der Waals surface area contributed by atoms with Gasteiger partial charge in [-0.1, -0.05) is 5.16 Å². The van der Waals surface area contributed by atoms with Gasteiger partial charge in [-0.15, -0.1) is 0 Å². The third-order valence-electron chi connectivity index (χ3n) is 2.96. The molecule has 0 bridgehead atoms. The summed E-state index contributed by atoms with van der Waals surface area (Å²) in [7, 11) is 0. The van der Waals surface area contributed by atoms with E-state index in [0.717, 1.165) is 5.56 Å². The first-order valence-electron chi connectivity index (χ1n) is 6.17. The van der Waals surface area contributed by atoms with Crippen LogP contribution in [0.25, 0.3) is 11.5 Å². The molecule has 9 heteroatoms. The minimum Gasteiger partial charge on any atom is -0.358 e. The number of rotatable bonds is 5. The molecule has 0 aliphatic heterocycles. The predicted molar refractivity (Wildman–Crippen MR) is 74.9 cm³/mol. The van der Waals surface area contributed by atoms with E-state index in [0.29, 0.717) is 30.5 Å². The molecule has 0 radical (unpaired) electrons. The van der Waals surface area contributed by atoms with Crippen molar-refractivity contribution in [1.29, 1.82) is 0 Å². The smallest absolute Gasteiger partial charge is 0.358 e. The summed E-state index contributed by atoms with van der Waals surface area (Å²) < 4.78 is 6.89. The molecule has 0 amide bonds. The normalized spacial score (nSPS) is 10.9. The van der Waals surface area contributed by atoms with Crippen molar-refractivity contribution in [2.45, 2.75) is 19.9 Å². The van der Waals surface area contributed by atoms with Crippen LogP contribution in [0.4, 0.5) is 5.82 Å². The van der Waals surface area contributed by atoms with Crippen LogP contribution in [0.2, 0.25) is 0 Å². The summed E-state index contributed by atoms with van der Waals surface area (Å²) in [6, 6.07) is 1.91. The summed E-state index contributed by atoms with van der Waals surface area (Å²) in [5.41, 5.74) is 0.896. The van der Waals surface area contributed by atoms with Gasteiger partial charge in [0.25, 0.3) is 5.89 Å². The first-order valence-corrected chi connectivity index (χ1v) is 7.11. The van der Waals surface area contributed by atoms with E-state index in [-0.39, 0.29) is 5.82 Å². The quantitative estimate of drug-likeness (QED) is 0.530. The first-order chi connectivity index (χ1) is 10.1. The van der Waals surface area contributed by atoms with E-state index in [2.05, 4.69) is 15.1 Å². The lowest BCUT2D eigenvalue weighted by molar-refractivity contribution is -0.389. The Labute approximate surface area is 123 Å². The number of nitro groups is 1. The molecule has 21 heavy (non-hydrogen) atoms. The maximum Gasteiger partial charge on any atom is 0.381 e. The molecule has 108 valence electrons. The molecule has 0 saturated heterocycles. The van der Waals surface area contributed by atoms with Crippen LogP contribution in [0.5, 0.6) is 0 Å². The van der Waals surface area contributed by atoms with Crippen molar-refractivity contribution >= 4 is 17.2 Å². The van der Waals surface area contributed by atoms with Gasteiger partial charge in [0, 0.05) is 25.3 Å². The van der Waals surface area contributed by atoms with Gasteiger partial charge in [-0.2, -0.15) is 16.3 Å². The Morgan fingerprint density at radius 2 is 2.33 bits per heavy atom. The standard InChI is InChI=1S/C12H11N5O3S/c1-8-13-11(17(18)19)6-16(8)4-2-10-14-12(20-15-10)9-3-5-21-7-9/h3,5-7H,2,4H2,1H3. The SMILES string of the molecule is Cc1nc([N+](=O)[O-])cn1CCc1noc(-c2ccsc2)n1. The fourth-order valence-corrected chi connectivity index (χ4v) is 2.52. The number of thiophene rings is 1. The molecule has 8 nitrogen and oxygen atoms in total. The van der Waals surface area contributed by atoms with Gasteiger partial charge in [0.15, 0.2) is 5.82 Å². The summed E-state index contributed by atoms with van der Waals surface area (Å²) in [6.07, 6.45) is 1.93. The maximum atomic E-state index is 10.7. The second-order valence-corrected chi connectivity index (χ2v) is 5.15. The summed E-state index contributed by atoms with van der Waals surface area (Å²) in [6.45, 7) is 2.23. The van der Waals surface area contributed by atoms with E-state index in [9.17, 15) is 10.1 Å². The molecule has 0 aromatic carbocycles. The summed E-state index contributed by atoms with van der Waals surface area (Å²) in [5.74, 6) is 1.48. The van der Waals surface area contributed by atoms with Crippen LogP contribution in [-0.4, -0.2) is 24.6 Å². The Hall–Kier alpha value is -2.55. The largest absolute Gasteiger partial charge is 0.381 e. The lowest BCUT2D eigenvalue weighted by atomic mass is 10.3. The molecule has 0 aliphatic carbocycles. The monoisotopic (exact) mass is 305 g/mol. The van der Waals surface area contributed by atoms with Gasteiger partial charge in [0.05, 0.1) is 5.56 Å². The fourth-order valence-electron chi connectivity index (χ4n) is 1.89. The van der Waals surface area contributed by atoms with E-state index in [4.69, 9.17) is 4.52 Å². The number of aromatic nitrogens is 4. The van der Waals surface area contributed by atoms with Crippen molar-refractivity contribution in [3.63, 3.8) is 0 Å². The highest BCUT2D eigenvalue weighted by molar-refractivity contribution is 7.08. The third kappa shape index (κ3) is 2.82. The van der Waals surface area contributed by atoms with Gasteiger partial charge in [-0.25, -0.2) is 0 Å². The zero-order valence-electron chi connectivity index (χ0n) is 11.1. The Kier molecular flexibility index (Phi) is 3.48. The number of aryl methyl sites for hydroxylation is 3. The minimum atomic E-state index is -0.507. The maximum absolute atomic E-state index is 10.7. The number of imidazole rings is 1. The van der Waals surface area contributed by atoms with Crippen LogP contribution in [0.15, 0.2) is 27.5 Å². The average Bonchev–Trinajstić information content (AvgIpc) is 3.17. The van der Waals surface area contributed by atoms with Crippen molar-refractivity contribution in [2.75, 3.05) is 0 Å². The molecular formula is C12H11N5O3S. The van der Waals surface area contributed by atoms with Crippen LogP contribution < -0.4 is 0 Å². The van der Waals surface area contributed by atoms with Gasteiger partial charge in [-0.3, -0.25) is 0 Å². The summed E-state index contributed by atoms with van der Waals surface area (Å²) in [4.78, 5) is 18.3. The molecule has 3 aromatic rings. The van der Waals surface area contributed by atoms with E-state index in [1.807, 2.05) is 16.8 Å². The molecule has 0 unspecified atom stereocenters. The zero-order chi connectivity index (χ0) is 14.8. The molecule has 0 aliphatic rings. The van der Waals surface area contributed by atoms with Crippen molar-refractivity contribution in [3.05, 3.63) is 44.8 Å². The number of hydrogen-bond donors (Lipinski definition) is 0. The predicted octanol–water partition coefficient (Wildman–Crippen LogP) is 2.45. The van der Waals surface area contributed by atoms with Gasteiger partial charge >= 0.3 is 5.82 Å². The fraction of sp³-hybridized carbons (Fsp3) is 0.250. The zero-order valence-corrected chi connectivity index (χ0v) is 11.9. The van der Waals surface area contributed by atoms with E-state index < -0.39 is 4.92 Å². The van der Waals surface area contributed by atoms with E-state index in [1.165, 1.54) is 6.20 Å². The van der Waals surface area contributed by atoms with Crippen LogP contribution in [-0.2, 0) is 13.0 Å². The van der Waals surface area contributed by atoms with Crippen molar-refractivity contribution in [3.8, 4) is 11.5 Å². The second-order valence-electron chi connectivity index (χ2n) is 4.37. The molecule has 3 heterocycles. The number of nitrogens with zero attached hydrogens (tertiary/aromatic N) is 5. The highest BCUT2D eigenvalue weighted by atomic mass is 32.1. The highest BCUT2D eigenvalue weighted by Gasteiger charge is 2.16. The molecule has 3 rings (SSSR count). The van der Waals surface area contributed by atoms with E-state index in [1.54, 1.807) is 22.8 Å². The molecule has 0 atom stereocenters. The van der Waals surface area contributed by atoms with Gasteiger partial charge in [-0.05, 0) is 21.4 Å². The molecule has 0 N–H and O–H groups in total. The molecule has 0 fully saturated rings. The van der Waals surface area contributed by atoms with Gasteiger partial charge < -0.3 is 19.2 Å². The van der Waals surface area contributed by atoms with Gasteiger partial charge in [0.2, 0.25) is 5.82 Å². The second kappa shape index (κ2) is 5.44. The lowest BCUT2D eigenvalue weighted by Crippen LogP contribution is -2.03. The Bertz CT molecular complexity index is 762. The summed E-state index contributed by atoms with van der Waals surface area (Å²) >= 11 is 1.56. The van der Waals surface area contributed by atoms with Gasteiger partial charge in [0.1, 0.15) is 6.20 Å². The minimum absolute atomic E-state index is 0.153. The first kappa shape index (κ1) is 13.4. The Balaban J connectivity index is 1.69. The molecular weight excluding hydrogens is 294 g/mol. The molecule has 0 spiro atoms. The summed E-state index contributed by atoms with van der Waals surface area (Å²) in [5, 5.41) is 18.4. The van der Waals surface area contributed by atoms with Crippen molar-refractivity contribution < 1.29 is 9.45 Å². The van der Waals surface area contributed by atoms with Crippen molar-refractivity contribution in [1.82, 2.24) is 19.7 Å².